The fourth-order valence-electron chi connectivity index (χ4n) is 1.69. The number of hydrogen-bond acceptors (Lipinski definition) is 3. The SMILES string of the molecule is CC(C(=O)Nc1cccc(F)n1)c1cccc(N)c1. The summed E-state index contributed by atoms with van der Waals surface area (Å²) in [7, 11) is 0. The van der Waals surface area contributed by atoms with Gasteiger partial charge in [0.25, 0.3) is 0 Å². The molecule has 0 aliphatic heterocycles. The highest BCUT2D eigenvalue weighted by atomic mass is 19.1. The first-order chi connectivity index (χ1) is 9.06. The minimum absolute atomic E-state index is 0.195. The number of halogens is 1. The van der Waals surface area contributed by atoms with Crippen molar-refractivity contribution >= 4 is 17.4 Å². The number of aromatic nitrogens is 1. The first-order valence-corrected chi connectivity index (χ1v) is 5.85. The van der Waals surface area contributed by atoms with Crippen LogP contribution >= 0.6 is 0 Å². The van der Waals surface area contributed by atoms with E-state index in [1.54, 1.807) is 25.1 Å². The number of carbonyl (C=O) groups is 1. The summed E-state index contributed by atoms with van der Waals surface area (Å²) in [6.07, 6.45) is 0. The van der Waals surface area contributed by atoms with Crippen LogP contribution in [-0.4, -0.2) is 10.9 Å². The van der Waals surface area contributed by atoms with Crippen molar-refractivity contribution in [1.29, 1.82) is 0 Å². The van der Waals surface area contributed by atoms with Gasteiger partial charge in [-0.3, -0.25) is 4.79 Å². The molecule has 1 heterocycles. The number of pyridine rings is 1. The van der Waals surface area contributed by atoms with E-state index in [-0.39, 0.29) is 11.7 Å². The topological polar surface area (TPSA) is 68.0 Å². The van der Waals surface area contributed by atoms with E-state index in [9.17, 15) is 9.18 Å². The fourth-order valence-corrected chi connectivity index (χ4v) is 1.69. The van der Waals surface area contributed by atoms with Gasteiger partial charge in [-0.25, -0.2) is 4.98 Å². The lowest BCUT2D eigenvalue weighted by Gasteiger charge is -2.12. The Labute approximate surface area is 110 Å². The van der Waals surface area contributed by atoms with Gasteiger partial charge in [0.15, 0.2) is 0 Å². The highest BCUT2D eigenvalue weighted by molar-refractivity contribution is 5.94. The maximum Gasteiger partial charge on any atom is 0.232 e. The molecule has 3 N–H and O–H groups in total. The van der Waals surface area contributed by atoms with Gasteiger partial charge in [-0.15, -0.1) is 0 Å². The molecule has 0 saturated heterocycles. The van der Waals surface area contributed by atoms with E-state index < -0.39 is 11.9 Å². The van der Waals surface area contributed by atoms with E-state index in [2.05, 4.69) is 10.3 Å². The number of nitrogen functional groups attached to an aromatic ring is 1. The number of carbonyl (C=O) groups excluding carboxylic acids is 1. The van der Waals surface area contributed by atoms with Gasteiger partial charge in [0.2, 0.25) is 11.9 Å². The fraction of sp³-hybridized carbons (Fsp3) is 0.143. The Morgan fingerprint density at radius 2 is 2.05 bits per heavy atom. The van der Waals surface area contributed by atoms with Crippen molar-refractivity contribution in [3.8, 4) is 0 Å². The van der Waals surface area contributed by atoms with Crippen LogP contribution in [0.1, 0.15) is 18.4 Å². The van der Waals surface area contributed by atoms with Crippen LogP contribution in [0.25, 0.3) is 0 Å². The number of nitrogens with one attached hydrogen (secondary N) is 1. The van der Waals surface area contributed by atoms with E-state index in [0.717, 1.165) is 5.56 Å². The van der Waals surface area contributed by atoms with E-state index in [0.29, 0.717) is 5.69 Å². The first kappa shape index (κ1) is 13.0. The zero-order valence-corrected chi connectivity index (χ0v) is 10.4. The maximum absolute atomic E-state index is 12.9. The molecule has 0 aliphatic rings. The van der Waals surface area contributed by atoms with Crippen molar-refractivity contribution in [3.05, 3.63) is 54.0 Å². The summed E-state index contributed by atoms with van der Waals surface area (Å²) in [5.74, 6) is -1.09. The van der Waals surface area contributed by atoms with E-state index in [1.165, 1.54) is 18.2 Å². The molecule has 4 nitrogen and oxygen atoms in total. The summed E-state index contributed by atoms with van der Waals surface area (Å²) < 4.78 is 12.9. The smallest absolute Gasteiger partial charge is 0.232 e. The van der Waals surface area contributed by atoms with Gasteiger partial charge in [0.05, 0.1) is 5.92 Å². The molecule has 1 unspecified atom stereocenters. The average molecular weight is 259 g/mol. The molecular weight excluding hydrogens is 245 g/mol. The van der Waals surface area contributed by atoms with Gasteiger partial charge in [0, 0.05) is 5.69 Å². The molecule has 0 bridgehead atoms. The van der Waals surface area contributed by atoms with Crippen molar-refractivity contribution in [2.75, 3.05) is 11.1 Å². The zero-order chi connectivity index (χ0) is 13.8. The lowest BCUT2D eigenvalue weighted by molar-refractivity contribution is -0.117. The summed E-state index contributed by atoms with van der Waals surface area (Å²) in [4.78, 5) is 15.6. The summed E-state index contributed by atoms with van der Waals surface area (Å²) >= 11 is 0. The molecule has 98 valence electrons. The van der Waals surface area contributed by atoms with Crippen LogP contribution in [0.2, 0.25) is 0 Å². The molecule has 1 aromatic heterocycles. The molecule has 0 aliphatic carbocycles. The Morgan fingerprint density at radius 3 is 2.74 bits per heavy atom. The summed E-state index contributed by atoms with van der Waals surface area (Å²) in [5, 5.41) is 2.57. The van der Waals surface area contributed by atoms with Crippen LogP contribution in [0.5, 0.6) is 0 Å². The second kappa shape index (κ2) is 5.48. The van der Waals surface area contributed by atoms with Gasteiger partial charge >= 0.3 is 0 Å². The van der Waals surface area contributed by atoms with Crippen molar-refractivity contribution in [2.45, 2.75) is 12.8 Å². The molecule has 0 spiro atoms. The predicted octanol–water partition coefficient (Wildman–Crippen LogP) is 2.55. The summed E-state index contributed by atoms with van der Waals surface area (Å²) in [6.45, 7) is 1.75. The van der Waals surface area contributed by atoms with Crippen molar-refractivity contribution in [1.82, 2.24) is 4.98 Å². The molecule has 2 aromatic rings. The summed E-state index contributed by atoms with van der Waals surface area (Å²) in [5.41, 5.74) is 7.07. The van der Waals surface area contributed by atoms with Crippen molar-refractivity contribution in [3.63, 3.8) is 0 Å². The van der Waals surface area contributed by atoms with Crippen LogP contribution in [0.4, 0.5) is 15.9 Å². The molecular formula is C14H14FN3O. The van der Waals surface area contributed by atoms with Crippen LogP contribution in [0.15, 0.2) is 42.5 Å². The van der Waals surface area contributed by atoms with Gasteiger partial charge in [-0.2, -0.15) is 4.39 Å². The van der Waals surface area contributed by atoms with Gasteiger partial charge < -0.3 is 11.1 Å². The minimum Gasteiger partial charge on any atom is -0.399 e. The highest BCUT2D eigenvalue weighted by Crippen LogP contribution is 2.19. The number of hydrogen-bond donors (Lipinski definition) is 2. The number of anilines is 2. The molecule has 19 heavy (non-hydrogen) atoms. The van der Waals surface area contributed by atoms with E-state index in [4.69, 9.17) is 5.73 Å². The lowest BCUT2D eigenvalue weighted by Crippen LogP contribution is -2.19. The quantitative estimate of drug-likeness (QED) is 0.657. The molecule has 1 atom stereocenters. The molecule has 5 heteroatoms. The van der Waals surface area contributed by atoms with Gasteiger partial charge in [-0.05, 0) is 36.8 Å². The van der Waals surface area contributed by atoms with Gasteiger partial charge in [0.1, 0.15) is 5.82 Å². The molecule has 2 rings (SSSR count). The largest absolute Gasteiger partial charge is 0.399 e. The third-order valence-corrected chi connectivity index (χ3v) is 2.77. The Balaban J connectivity index is 2.12. The Kier molecular flexibility index (Phi) is 3.75. The van der Waals surface area contributed by atoms with Crippen molar-refractivity contribution < 1.29 is 9.18 Å². The van der Waals surface area contributed by atoms with Crippen LogP contribution < -0.4 is 11.1 Å². The normalized spacial score (nSPS) is 11.9. The Morgan fingerprint density at radius 1 is 1.32 bits per heavy atom. The van der Waals surface area contributed by atoms with Gasteiger partial charge in [-0.1, -0.05) is 18.2 Å². The second-order valence-electron chi connectivity index (χ2n) is 4.23. The molecule has 1 amide bonds. The van der Waals surface area contributed by atoms with E-state index >= 15 is 0 Å². The Bertz CT molecular complexity index is 601. The third-order valence-electron chi connectivity index (χ3n) is 2.77. The maximum atomic E-state index is 12.9. The molecule has 0 saturated carbocycles. The number of nitrogens with two attached hydrogens (primary N) is 1. The molecule has 1 aromatic carbocycles. The number of benzene rings is 1. The van der Waals surface area contributed by atoms with Crippen LogP contribution in [0, 0.1) is 5.95 Å². The molecule has 0 fully saturated rings. The summed E-state index contributed by atoms with van der Waals surface area (Å²) in [6, 6.07) is 11.3. The number of amides is 1. The van der Waals surface area contributed by atoms with Crippen LogP contribution in [0.3, 0.4) is 0 Å². The standard InChI is InChI=1S/C14H14FN3O/c1-9(10-4-2-5-11(16)8-10)14(19)18-13-7-3-6-12(15)17-13/h2-9H,16H2,1H3,(H,17,18,19). The van der Waals surface area contributed by atoms with Crippen molar-refractivity contribution in [2.24, 2.45) is 0 Å². The zero-order valence-electron chi connectivity index (χ0n) is 10.4. The second-order valence-corrected chi connectivity index (χ2v) is 4.23. The molecule has 0 radical (unpaired) electrons. The minimum atomic E-state index is -0.630. The number of nitrogens with zero attached hydrogens (tertiary/aromatic N) is 1. The number of rotatable bonds is 3. The van der Waals surface area contributed by atoms with E-state index in [1.807, 2.05) is 6.07 Å². The van der Waals surface area contributed by atoms with Crippen LogP contribution in [-0.2, 0) is 4.79 Å². The monoisotopic (exact) mass is 259 g/mol. The average Bonchev–Trinajstić information content (AvgIpc) is 2.38. The lowest BCUT2D eigenvalue weighted by atomic mass is 10.00. The Hall–Kier alpha value is -2.43. The highest BCUT2D eigenvalue weighted by Gasteiger charge is 2.16. The first-order valence-electron chi connectivity index (χ1n) is 5.85. The third kappa shape index (κ3) is 3.28. The predicted molar refractivity (Wildman–Crippen MR) is 72.1 cm³/mol.